The summed E-state index contributed by atoms with van der Waals surface area (Å²) in [7, 11) is 3.34. The highest BCUT2D eigenvalue weighted by atomic mass is 35.5. The molecule has 0 saturated carbocycles. The summed E-state index contributed by atoms with van der Waals surface area (Å²) in [6, 6.07) is 11.0. The van der Waals surface area contributed by atoms with Gasteiger partial charge in [0.25, 0.3) is 5.56 Å². The third-order valence-electron chi connectivity index (χ3n) is 5.59. The molecule has 0 amide bonds. The van der Waals surface area contributed by atoms with Crippen molar-refractivity contribution in [3.05, 3.63) is 57.5 Å². The number of hydrogen-bond donors (Lipinski definition) is 1. The quantitative estimate of drug-likeness (QED) is 0.474. The summed E-state index contributed by atoms with van der Waals surface area (Å²) in [6.45, 7) is 1.68. The lowest BCUT2D eigenvalue weighted by atomic mass is 10.1. The van der Waals surface area contributed by atoms with Crippen LogP contribution in [-0.4, -0.2) is 36.1 Å². The first-order valence-electron chi connectivity index (χ1n) is 11.0. The van der Waals surface area contributed by atoms with Gasteiger partial charge in [0.15, 0.2) is 0 Å². The SMILES string of the molecule is CNc1ccc(OC(F)(F)F)cc1.Cn1c(=O)c(C#N)c(N2CCCCCC2)c2nc(Cl)ccc21. The van der Waals surface area contributed by atoms with Crippen LogP contribution >= 0.6 is 11.6 Å². The number of pyridine rings is 2. The molecule has 0 radical (unpaired) electrons. The largest absolute Gasteiger partial charge is 0.573 e. The molecule has 0 bridgehead atoms. The normalized spacial score (nSPS) is 13.9. The van der Waals surface area contributed by atoms with Crippen LogP contribution in [0.4, 0.5) is 24.5 Å². The summed E-state index contributed by atoms with van der Waals surface area (Å²) in [4.78, 5) is 19.0. The van der Waals surface area contributed by atoms with E-state index in [-0.39, 0.29) is 16.9 Å². The van der Waals surface area contributed by atoms with Crippen LogP contribution in [0.25, 0.3) is 11.0 Å². The zero-order valence-corrected chi connectivity index (χ0v) is 20.1. The highest BCUT2D eigenvalue weighted by Crippen LogP contribution is 2.30. The standard InChI is InChI=1S/C16H17ClN4O.C8H8F3NO/c1-20-12-6-7-13(17)19-14(12)15(11(10-18)16(20)22)21-8-4-2-3-5-9-21;1-12-6-2-4-7(5-3-6)13-8(9,10)11/h6-7H,2-5,8-9H2,1H3;2-5,12H,1H3. The summed E-state index contributed by atoms with van der Waals surface area (Å²) < 4.78 is 40.2. The Morgan fingerprint density at radius 2 is 1.71 bits per heavy atom. The monoisotopic (exact) mass is 507 g/mol. The van der Waals surface area contributed by atoms with E-state index >= 15 is 0 Å². The number of nitriles is 1. The molecule has 2 aromatic heterocycles. The molecule has 186 valence electrons. The van der Waals surface area contributed by atoms with Crippen LogP contribution in [-0.2, 0) is 7.05 Å². The number of ether oxygens (including phenoxy) is 1. The van der Waals surface area contributed by atoms with Crippen LogP contribution in [0.5, 0.6) is 5.75 Å². The molecule has 1 fully saturated rings. The minimum Gasteiger partial charge on any atom is -0.406 e. The number of aromatic nitrogens is 2. The van der Waals surface area contributed by atoms with Crippen molar-refractivity contribution in [2.45, 2.75) is 32.0 Å². The Balaban J connectivity index is 0.000000225. The van der Waals surface area contributed by atoms with Gasteiger partial charge in [0.1, 0.15) is 28.1 Å². The maximum atomic E-state index is 12.5. The smallest absolute Gasteiger partial charge is 0.406 e. The number of halogens is 4. The van der Waals surface area contributed by atoms with E-state index in [1.807, 2.05) is 0 Å². The van der Waals surface area contributed by atoms with Crippen molar-refractivity contribution in [2.24, 2.45) is 7.05 Å². The lowest BCUT2D eigenvalue weighted by Gasteiger charge is -2.25. The second-order valence-corrected chi connectivity index (χ2v) is 8.31. The zero-order valence-electron chi connectivity index (χ0n) is 19.3. The first kappa shape index (κ1) is 26.2. The Morgan fingerprint density at radius 3 is 2.26 bits per heavy atom. The van der Waals surface area contributed by atoms with Crippen molar-refractivity contribution in [3.63, 3.8) is 0 Å². The van der Waals surface area contributed by atoms with E-state index in [2.05, 4.69) is 26.0 Å². The van der Waals surface area contributed by atoms with Gasteiger partial charge in [-0.25, -0.2) is 4.98 Å². The van der Waals surface area contributed by atoms with Crippen LogP contribution in [0.1, 0.15) is 31.2 Å². The Labute approximate surface area is 205 Å². The average molecular weight is 508 g/mol. The Kier molecular flexibility index (Phi) is 8.46. The summed E-state index contributed by atoms with van der Waals surface area (Å²) in [5.41, 5.74) is 2.59. The van der Waals surface area contributed by atoms with Crippen molar-refractivity contribution < 1.29 is 17.9 Å². The predicted octanol–water partition coefficient (Wildman–Crippen LogP) is 5.47. The fourth-order valence-electron chi connectivity index (χ4n) is 3.90. The molecular formula is C24H25ClF3N5O2. The van der Waals surface area contributed by atoms with Crippen LogP contribution in [0.2, 0.25) is 5.15 Å². The predicted molar refractivity (Wildman–Crippen MR) is 130 cm³/mol. The fourth-order valence-corrected chi connectivity index (χ4v) is 4.04. The lowest BCUT2D eigenvalue weighted by molar-refractivity contribution is -0.274. The third-order valence-corrected chi connectivity index (χ3v) is 5.80. The molecule has 3 heterocycles. The number of aryl methyl sites for hydroxylation is 1. The second kappa shape index (κ2) is 11.3. The molecule has 4 rings (SSSR count). The van der Waals surface area contributed by atoms with E-state index in [0.717, 1.165) is 31.6 Å². The minimum atomic E-state index is -4.62. The van der Waals surface area contributed by atoms with Gasteiger partial charge in [0.05, 0.1) is 11.2 Å². The number of alkyl halides is 3. The van der Waals surface area contributed by atoms with Gasteiger partial charge in [-0.05, 0) is 49.2 Å². The van der Waals surface area contributed by atoms with Crippen LogP contribution in [0.3, 0.4) is 0 Å². The highest BCUT2D eigenvalue weighted by molar-refractivity contribution is 6.29. The van der Waals surface area contributed by atoms with Gasteiger partial charge in [-0.2, -0.15) is 5.26 Å². The average Bonchev–Trinajstić information content (AvgIpc) is 3.10. The molecule has 0 atom stereocenters. The number of nitrogens with one attached hydrogen (secondary N) is 1. The first-order valence-corrected chi connectivity index (χ1v) is 11.4. The molecule has 3 aromatic rings. The van der Waals surface area contributed by atoms with E-state index in [1.54, 1.807) is 26.2 Å². The number of hydrogen-bond acceptors (Lipinski definition) is 6. The topological polar surface area (TPSA) is 83.2 Å². The second-order valence-electron chi connectivity index (χ2n) is 7.92. The molecule has 1 N–H and O–H groups in total. The summed E-state index contributed by atoms with van der Waals surface area (Å²) in [6.07, 6.45) is -0.157. The van der Waals surface area contributed by atoms with Crippen molar-refractivity contribution in [1.29, 1.82) is 5.26 Å². The van der Waals surface area contributed by atoms with Crippen molar-refractivity contribution in [2.75, 3.05) is 30.4 Å². The number of rotatable bonds is 3. The van der Waals surface area contributed by atoms with Gasteiger partial charge in [0, 0.05) is 32.9 Å². The van der Waals surface area contributed by atoms with Crippen LogP contribution in [0, 0.1) is 11.3 Å². The molecule has 1 aromatic carbocycles. The van der Waals surface area contributed by atoms with E-state index < -0.39 is 6.36 Å². The van der Waals surface area contributed by atoms with E-state index in [4.69, 9.17) is 11.6 Å². The van der Waals surface area contributed by atoms with Gasteiger partial charge in [0.2, 0.25) is 0 Å². The molecule has 0 unspecified atom stereocenters. The number of anilines is 2. The van der Waals surface area contributed by atoms with Gasteiger partial charge >= 0.3 is 6.36 Å². The van der Waals surface area contributed by atoms with Gasteiger partial charge in [-0.3, -0.25) is 4.79 Å². The first-order chi connectivity index (χ1) is 16.6. The lowest BCUT2D eigenvalue weighted by Crippen LogP contribution is -2.30. The molecule has 7 nitrogen and oxygen atoms in total. The molecule has 0 aliphatic carbocycles. The van der Waals surface area contributed by atoms with E-state index in [1.165, 1.54) is 41.7 Å². The number of nitrogens with zero attached hydrogens (tertiary/aromatic N) is 4. The maximum absolute atomic E-state index is 12.5. The summed E-state index contributed by atoms with van der Waals surface area (Å²) in [5, 5.41) is 12.6. The molecule has 35 heavy (non-hydrogen) atoms. The molecule has 1 aliphatic heterocycles. The van der Waals surface area contributed by atoms with Gasteiger partial charge < -0.3 is 19.5 Å². The fraction of sp³-hybridized carbons (Fsp3) is 0.375. The van der Waals surface area contributed by atoms with Crippen molar-refractivity contribution >= 4 is 34.0 Å². The Morgan fingerprint density at radius 1 is 1.09 bits per heavy atom. The molecule has 11 heteroatoms. The summed E-state index contributed by atoms with van der Waals surface area (Å²) >= 11 is 6.05. The molecule has 1 saturated heterocycles. The third kappa shape index (κ3) is 6.57. The minimum absolute atomic E-state index is 0.159. The Hall–Kier alpha value is -3.45. The number of fused-ring (bicyclic) bond motifs is 1. The van der Waals surface area contributed by atoms with Gasteiger partial charge in [-0.1, -0.05) is 24.4 Å². The molecule has 0 spiro atoms. The zero-order chi connectivity index (χ0) is 25.6. The molecule has 1 aliphatic rings. The highest BCUT2D eigenvalue weighted by Gasteiger charge is 2.31. The maximum Gasteiger partial charge on any atom is 0.573 e. The molecular weight excluding hydrogens is 483 g/mol. The Bertz CT molecular complexity index is 1260. The van der Waals surface area contributed by atoms with Crippen molar-refractivity contribution in [1.82, 2.24) is 9.55 Å². The van der Waals surface area contributed by atoms with Crippen LogP contribution < -0.4 is 20.5 Å². The van der Waals surface area contributed by atoms with Crippen LogP contribution in [0.15, 0.2) is 41.2 Å². The van der Waals surface area contributed by atoms with Crippen molar-refractivity contribution in [3.8, 4) is 11.8 Å². The van der Waals surface area contributed by atoms with Gasteiger partial charge in [-0.15, -0.1) is 13.2 Å². The van der Waals surface area contributed by atoms with E-state index in [0.29, 0.717) is 21.9 Å². The summed E-state index contributed by atoms with van der Waals surface area (Å²) in [5.74, 6) is -0.216. The number of benzene rings is 1. The van der Waals surface area contributed by atoms with E-state index in [9.17, 15) is 23.2 Å².